The van der Waals surface area contributed by atoms with Crippen molar-refractivity contribution in [2.24, 2.45) is 0 Å². The normalized spacial score (nSPS) is 21.1. The number of aliphatic hydroxyl groups excluding tert-OH is 1. The average molecular weight is 340 g/mol. The van der Waals surface area contributed by atoms with E-state index in [1.54, 1.807) is 0 Å². The second kappa shape index (κ2) is 6.60. The monoisotopic (exact) mass is 339 g/mol. The highest BCUT2D eigenvalue weighted by Crippen LogP contribution is 2.28. The van der Waals surface area contributed by atoms with Gasteiger partial charge in [-0.1, -0.05) is 23.2 Å². The molecule has 1 aromatic carbocycles. The van der Waals surface area contributed by atoms with E-state index in [0.717, 1.165) is 0 Å². The van der Waals surface area contributed by atoms with E-state index in [4.69, 9.17) is 33.0 Å². The Morgan fingerprint density at radius 2 is 2.10 bits per heavy atom. The zero-order valence-electron chi connectivity index (χ0n) is 10.6. The number of hydrogen-bond acceptors (Lipinski definition) is 4. The molecule has 1 aromatic rings. The first-order valence-corrected chi connectivity index (χ1v) is 8.32. The smallest absolute Gasteiger partial charge is 0.243 e. The summed E-state index contributed by atoms with van der Waals surface area (Å²) in [4.78, 5) is 0.0942. The summed E-state index contributed by atoms with van der Waals surface area (Å²) in [5.41, 5.74) is 0. The summed E-state index contributed by atoms with van der Waals surface area (Å²) in [5, 5.41) is 9.54. The predicted molar refractivity (Wildman–Crippen MR) is 76.7 cm³/mol. The van der Waals surface area contributed by atoms with Crippen molar-refractivity contribution in [3.8, 4) is 0 Å². The Kier molecular flexibility index (Phi) is 5.28. The second-order valence-electron chi connectivity index (χ2n) is 4.43. The molecule has 0 aliphatic carbocycles. The largest absolute Gasteiger partial charge is 0.396 e. The number of nitrogens with zero attached hydrogens (tertiary/aromatic N) is 1. The van der Waals surface area contributed by atoms with Crippen LogP contribution in [0.3, 0.4) is 0 Å². The Hall–Kier alpha value is -0.370. The van der Waals surface area contributed by atoms with Crippen molar-refractivity contribution in [1.82, 2.24) is 4.31 Å². The van der Waals surface area contributed by atoms with Crippen LogP contribution in [0, 0.1) is 0 Å². The van der Waals surface area contributed by atoms with E-state index in [1.807, 2.05) is 0 Å². The Balaban J connectivity index is 2.34. The van der Waals surface area contributed by atoms with Crippen molar-refractivity contribution in [1.29, 1.82) is 0 Å². The molecule has 5 nitrogen and oxygen atoms in total. The molecule has 0 bridgehead atoms. The molecule has 0 aromatic heterocycles. The first kappa shape index (κ1) is 16.0. The lowest BCUT2D eigenvalue weighted by molar-refractivity contribution is 0.0237. The predicted octanol–water partition coefficient (Wildman–Crippen LogP) is 1.77. The second-order valence-corrected chi connectivity index (χ2v) is 7.14. The quantitative estimate of drug-likeness (QED) is 0.907. The molecule has 20 heavy (non-hydrogen) atoms. The van der Waals surface area contributed by atoms with E-state index >= 15 is 0 Å². The number of benzene rings is 1. The minimum atomic E-state index is -3.67. The van der Waals surface area contributed by atoms with E-state index in [1.165, 1.54) is 22.5 Å². The SMILES string of the molecule is O=S(=O)(c1ccc(Cl)c(Cl)c1)N1CCOC[C@@H]1CCO. The molecule has 0 amide bonds. The number of morpholine rings is 1. The van der Waals surface area contributed by atoms with Crippen molar-refractivity contribution in [2.45, 2.75) is 17.4 Å². The standard InChI is InChI=1S/C12H15Cl2NO4S/c13-11-2-1-10(7-12(11)14)20(17,18)15-4-6-19-8-9(15)3-5-16/h1-2,7,9,16H,3-6,8H2/t9-/m0/s1. The van der Waals surface area contributed by atoms with Crippen molar-refractivity contribution < 1.29 is 18.3 Å². The molecule has 8 heteroatoms. The fraction of sp³-hybridized carbons (Fsp3) is 0.500. The summed E-state index contributed by atoms with van der Waals surface area (Å²) >= 11 is 11.7. The lowest BCUT2D eigenvalue weighted by Gasteiger charge is -2.34. The molecule has 0 radical (unpaired) electrons. The van der Waals surface area contributed by atoms with E-state index < -0.39 is 10.0 Å². The zero-order chi connectivity index (χ0) is 14.8. The summed E-state index contributed by atoms with van der Waals surface area (Å²) in [7, 11) is -3.67. The molecule has 1 heterocycles. The zero-order valence-corrected chi connectivity index (χ0v) is 13.0. The maximum absolute atomic E-state index is 12.6. The minimum absolute atomic E-state index is 0.0942. The van der Waals surface area contributed by atoms with Gasteiger partial charge in [-0.3, -0.25) is 0 Å². The molecule has 0 saturated carbocycles. The van der Waals surface area contributed by atoms with Crippen LogP contribution in [-0.4, -0.2) is 50.2 Å². The van der Waals surface area contributed by atoms with E-state index in [2.05, 4.69) is 0 Å². The summed E-state index contributed by atoms with van der Waals surface area (Å²) < 4.78 is 31.9. The molecule has 0 unspecified atom stereocenters. The molecule has 1 fully saturated rings. The number of hydrogen-bond donors (Lipinski definition) is 1. The Morgan fingerprint density at radius 1 is 1.35 bits per heavy atom. The molecule has 0 spiro atoms. The first-order valence-electron chi connectivity index (χ1n) is 6.12. The fourth-order valence-electron chi connectivity index (χ4n) is 2.11. The Bertz CT molecular complexity index is 577. The van der Waals surface area contributed by atoms with Gasteiger partial charge in [0.15, 0.2) is 0 Å². The molecule has 2 rings (SSSR count). The lowest BCUT2D eigenvalue weighted by Crippen LogP contribution is -2.48. The lowest BCUT2D eigenvalue weighted by atomic mass is 10.2. The number of sulfonamides is 1. The van der Waals surface area contributed by atoms with Gasteiger partial charge in [-0.2, -0.15) is 4.31 Å². The summed E-state index contributed by atoms with van der Waals surface area (Å²) in [5.74, 6) is 0. The van der Waals surface area contributed by atoms with Crippen LogP contribution in [0.15, 0.2) is 23.1 Å². The highest BCUT2D eigenvalue weighted by Gasteiger charge is 2.33. The maximum Gasteiger partial charge on any atom is 0.243 e. The van der Waals surface area contributed by atoms with Crippen molar-refractivity contribution >= 4 is 33.2 Å². The molecule has 112 valence electrons. The maximum atomic E-state index is 12.6. The Morgan fingerprint density at radius 3 is 2.75 bits per heavy atom. The third kappa shape index (κ3) is 3.27. The van der Waals surface area contributed by atoms with Crippen LogP contribution >= 0.6 is 23.2 Å². The van der Waals surface area contributed by atoms with Crippen molar-refractivity contribution in [2.75, 3.05) is 26.4 Å². The van der Waals surface area contributed by atoms with Crippen LogP contribution in [0.5, 0.6) is 0 Å². The third-order valence-corrected chi connectivity index (χ3v) is 5.82. The van der Waals surface area contributed by atoms with Gasteiger partial charge in [-0.25, -0.2) is 8.42 Å². The summed E-state index contributed by atoms with van der Waals surface area (Å²) in [6.45, 7) is 0.776. The van der Waals surface area contributed by atoms with Gasteiger partial charge in [0.05, 0.1) is 34.2 Å². The average Bonchev–Trinajstić information content (AvgIpc) is 2.42. The highest BCUT2D eigenvalue weighted by atomic mass is 35.5. The highest BCUT2D eigenvalue weighted by molar-refractivity contribution is 7.89. The Labute approximate surface area is 128 Å². The van der Waals surface area contributed by atoms with E-state index in [0.29, 0.717) is 18.1 Å². The van der Waals surface area contributed by atoms with Crippen molar-refractivity contribution in [3.63, 3.8) is 0 Å². The van der Waals surface area contributed by atoms with Crippen molar-refractivity contribution in [3.05, 3.63) is 28.2 Å². The van der Waals surface area contributed by atoms with Gasteiger partial charge in [0.1, 0.15) is 0 Å². The molecule has 1 N–H and O–H groups in total. The van der Waals surface area contributed by atoms with E-state index in [-0.39, 0.29) is 35.7 Å². The van der Waals surface area contributed by atoms with Crippen LogP contribution in [0.25, 0.3) is 0 Å². The first-order chi connectivity index (χ1) is 9.46. The number of ether oxygens (including phenoxy) is 1. The van der Waals surface area contributed by atoms with Crippen LogP contribution in [-0.2, 0) is 14.8 Å². The molecule has 1 aliphatic rings. The van der Waals surface area contributed by atoms with Gasteiger partial charge >= 0.3 is 0 Å². The van der Waals surface area contributed by atoms with Crippen LogP contribution in [0.1, 0.15) is 6.42 Å². The van der Waals surface area contributed by atoms with Gasteiger partial charge in [0.2, 0.25) is 10.0 Å². The van der Waals surface area contributed by atoms with Gasteiger partial charge in [-0.15, -0.1) is 0 Å². The minimum Gasteiger partial charge on any atom is -0.396 e. The number of aliphatic hydroxyl groups is 1. The third-order valence-electron chi connectivity index (χ3n) is 3.13. The molecule has 1 atom stereocenters. The van der Waals surface area contributed by atoms with Crippen LogP contribution in [0.2, 0.25) is 10.0 Å². The van der Waals surface area contributed by atoms with Crippen LogP contribution < -0.4 is 0 Å². The van der Waals surface area contributed by atoms with Gasteiger partial charge < -0.3 is 9.84 Å². The summed E-state index contributed by atoms with van der Waals surface area (Å²) in [6, 6.07) is 3.85. The molecule has 1 aliphatic heterocycles. The molecular formula is C12H15Cl2NO4S. The number of halogens is 2. The van der Waals surface area contributed by atoms with Crippen LogP contribution in [0.4, 0.5) is 0 Å². The van der Waals surface area contributed by atoms with Gasteiger partial charge in [-0.05, 0) is 24.6 Å². The number of rotatable bonds is 4. The fourth-order valence-corrected chi connectivity index (χ4v) is 4.12. The van der Waals surface area contributed by atoms with Gasteiger partial charge in [0, 0.05) is 13.2 Å². The molecular weight excluding hydrogens is 325 g/mol. The molecule has 1 saturated heterocycles. The summed E-state index contributed by atoms with van der Waals surface area (Å²) in [6.07, 6.45) is 0.334. The van der Waals surface area contributed by atoms with Gasteiger partial charge in [0.25, 0.3) is 0 Å². The van der Waals surface area contributed by atoms with E-state index in [9.17, 15) is 8.42 Å². The topological polar surface area (TPSA) is 66.8 Å².